The largest absolute Gasteiger partial charge is 0.493 e. The van der Waals surface area contributed by atoms with Crippen molar-refractivity contribution in [3.05, 3.63) is 35.4 Å². The number of morpholine rings is 1. The summed E-state index contributed by atoms with van der Waals surface area (Å²) in [5, 5.41) is 10.2. The lowest BCUT2D eigenvalue weighted by molar-refractivity contribution is 0.0322. The summed E-state index contributed by atoms with van der Waals surface area (Å²) in [6.45, 7) is 7.88. The number of aliphatic hydroxyl groups excluding tert-OH is 1. The predicted octanol–water partition coefficient (Wildman–Crippen LogP) is 1.55. The number of rotatable bonds is 4. The molecule has 1 aromatic rings. The highest BCUT2D eigenvalue weighted by molar-refractivity contribution is 5.61. The topological polar surface area (TPSA) is 54.4 Å². The van der Waals surface area contributed by atoms with Gasteiger partial charge in [0.2, 0.25) is 0 Å². The third-order valence-corrected chi connectivity index (χ3v) is 6.87. The molecule has 152 valence electrons. The first-order valence-corrected chi connectivity index (χ1v) is 10.5. The molecular weight excluding hydrogens is 356 g/mol. The maximum absolute atomic E-state index is 10.2. The maximum Gasteiger partial charge on any atom is 0.166 e. The Kier molecular flexibility index (Phi) is 4.83. The van der Waals surface area contributed by atoms with Crippen LogP contribution in [0.15, 0.2) is 24.3 Å². The Morgan fingerprint density at radius 3 is 2.82 bits per heavy atom. The SMILES string of the molecule is COc1ccc2c3c1O[C@@H]1C[C@H](O)C=C[C@]31CCN(CCN1CCOCC1)C2. The van der Waals surface area contributed by atoms with Gasteiger partial charge in [-0.05, 0) is 24.6 Å². The third-order valence-electron chi connectivity index (χ3n) is 6.87. The van der Waals surface area contributed by atoms with Crippen LogP contribution in [-0.4, -0.2) is 80.2 Å². The van der Waals surface area contributed by atoms with Gasteiger partial charge in [0.05, 0.1) is 31.8 Å². The molecule has 1 N–H and O–H groups in total. The van der Waals surface area contributed by atoms with E-state index >= 15 is 0 Å². The molecule has 3 atom stereocenters. The second-order valence-corrected chi connectivity index (χ2v) is 8.42. The molecule has 4 aliphatic rings. The minimum atomic E-state index is -0.431. The van der Waals surface area contributed by atoms with E-state index in [1.807, 2.05) is 12.1 Å². The van der Waals surface area contributed by atoms with E-state index in [0.29, 0.717) is 6.42 Å². The Morgan fingerprint density at radius 2 is 2.00 bits per heavy atom. The van der Waals surface area contributed by atoms with Crippen molar-refractivity contribution in [2.24, 2.45) is 0 Å². The molecule has 6 nitrogen and oxygen atoms in total. The van der Waals surface area contributed by atoms with Crippen molar-refractivity contribution in [3.8, 4) is 11.5 Å². The van der Waals surface area contributed by atoms with Crippen LogP contribution in [0.1, 0.15) is 24.0 Å². The van der Waals surface area contributed by atoms with Crippen molar-refractivity contribution < 1.29 is 19.3 Å². The number of hydrogen-bond acceptors (Lipinski definition) is 6. The smallest absolute Gasteiger partial charge is 0.166 e. The Labute approximate surface area is 166 Å². The van der Waals surface area contributed by atoms with Crippen molar-refractivity contribution in [1.29, 1.82) is 0 Å². The molecule has 1 saturated heterocycles. The fraction of sp³-hybridized carbons (Fsp3) is 0.636. The lowest BCUT2D eigenvalue weighted by atomic mass is 9.69. The van der Waals surface area contributed by atoms with Crippen LogP contribution in [0.5, 0.6) is 11.5 Å². The van der Waals surface area contributed by atoms with Gasteiger partial charge in [-0.3, -0.25) is 9.80 Å². The van der Waals surface area contributed by atoms with Gasteiger partial charge in [-0.25, -0.2) is 0 Å². The normalized spacial score (nSPS) is 32.4. The number of hydrogen-bond donors (Lipinski definition) is 1. The fourth-order valence-electron chi connectivity index (χ4n) is 5.29. The van der Waals surface area contributed by atoms with Gasteiger partial charge < -0.3 is 19.3 Å². The highest BCUT2D eigenvalue weighted by Crippen LogP contribution is 2.55. The van der Waals surface area contributed by atoms with Crippen LogP contribution in [0, 0.1) is 0 Å². The molecule has 28 heavy (non-hydrogen) atoms. The quantitative estimate of drug-likeness (QED) is 0.793. The van der Waals surface area contributed by atoms with Gasteiger partial charge in [-0.2, -0.15) is 0 Å². The van der Waals surface area contributed by atoms with Crippen LogP contribution in [-0.2, 0) is 16.7 Å². The third kappa shape index (κ3) is 3.03. The molecular formula is C22H30N2O4. The number of aliphatic hydroxyl groups is 1. The highest BCUT2D eigenvalue weighted by atomic mass is 16.5. The van der Waals surface area contributed by atoms with E-state index in [4.69, 9.17) is 14.2 Å². The number of methoxy groups -OCH3 is 1. The number of benzene rings is 1. The Bertz CT molecular complexity index is 761. The van der Waals surface area contributed by atoms with E-state index in [1.165, 1.54) is 11.1 Å². The molecule has 0 amide bonds. The zero-order chi connectivity index (χ0) is 19.1. The van der Waals surface area contributed by atoms with Crippen molar-refractivity contribution in [3.63, 3.8) is 0 Å². The summed E-state index contributed by atoms with van der Waals surface area (Å²) in [5.41, 5.74) is 2.47. The van der Waals surface area contributed by atoms with E-state index in [1.54, 1.807) is 7.11 Å². The van der Waals surface area contributed by atoms with Crippen LogP contribution in [0.2, 0.25) is 0 Å². The van der Waals surface area contributed by atoms with Gasteiger partial charge in [-0.15, -0.1) is 0 Å². The highest BCUT2D eigenvalue weighted by Gasteiger charge is 2.52. The average Bonchev–Trinajstić information content (AvgIpc) is 2.96. The molecule has 3 heterocycles. The second-order valence-electron chi connectivity index (χ2n) is 8.42. The van der Waals surface area contributed by atoms with E-state index in [2.05, 4.69) is 21.9 Å². The van der Waals surface area contributed by atoms with Crippen LogP contribution in [0.4, 0.5) is 0 Å². The predicted molar refractivity (Wildman–Crippen MR) is 106 cm³/mol. The van der Waals surface area contributed by atoms with Crippen LogP contribution < -0.4 is 9.47 Å². The second kappa shape index (κ2) is 7.34. The molecule has 0 bridgehead atoms. The molecule has 0 aromatic heterocycles. The van der Waals surface area contributed by atoms with E-state index < -0.39 is 6.10 Å². The van der Waals surface area contributed by atoms with E-state index in [0.717, 1.165) is 70.4 Å². The van der Waals surface area contributed by atoms with Gasteiger partial charge in [0.15, 0.2) is 11.5 Å². The first kappa shape index (κ1) is 18.4. The molecule has 0 saturated carbocycles. The molecule has 1 fully saturated rings. The van der Waals surface area contributed by atoms with Gasteiger partial charge in [0, 0.05) is 44.7 Å². The fourth-order valence-corrected chi connectivity index (χ4v) is 5.29. The van der Waals surface area contributed by atoms with Gasteiger partial charge >= 0.3 is 0 Å². The molecule has 0 radical (unpaired) electrons. The van der Waals surface area contributed by atoms with Gasteiger partial charge in [0.1, 0.15) is 6.10 Å². The average molecular weight is 386 g/mol. The molecule has 6 heteroatoms. The molecule has 1 aliphatic carbocycles. The first-order chi connectivity index (χ1) is 13.7. The minimum Gasteiger partial charge on any atom is -0.493 e. The van der Waals surface area contributed by atoms with Crippen LogP contribution >= 0.6 is 0 Å². The molecule has 5 rings (SSSR count). The summed E-state index contributed by atoms with van der Waals surface area (Å²) < 4.78 is 17.5. The molecule has 1 aromatic carbocycles. The van der Waals surface area contributed by atoms with E-state index in [9.17, 15) is 5.11 Å². The maximum atomic E-state index is 10.2. The summed E-state index contributed by atoms with van der Waals surface area (Å²) in [4.78, 5) is 5.07. The minimum absolute atomic E-state index is 0.0169. The van der Waals surface area contributed by atoms with Crippen LogP contribution in [0.25, 0.3) is 0 Å². The Morgan fingerprint density at radius 1 is 1.18 bits per heavy atom. The summed E-state index contributed by atoms with van der Waals surface area (Å²) >= 11 is 0. The zero-order valence-corrected chi connectivity index (χ0v) is 16.6. The Hall–Kier alpha value is -1.60. The lowest BCUT2D eigenvalue weighted by Gasteiger charge is -2.36. The molecule has 3 aliphatic heterocycles. The summed E-state index contributed by atoms with van der Waals surface area (Å²) in [7, 11) is 1.70. The van der Waals surface area contributed by atoms with Gasteiger partial charge in [0.25, 0.3) is 0 Å². The van der Waals surface area contributed by atoms with Crippen LogP contribution in [0.3, 0.4) is 0 Å². The standard InChI is InChI=1S/C22H30N2O4/c1-26-18-3-2-16-15-24(9-8-23-10-12-27-13-11-23)7-6-22-5-4-17(25)14-19(22)28-21(18)20(16)22/h2-5,17,19,25H,6-15H2,1H3/t17-,19-,22-/m1/s1. The lowest BCUT2D eigenvalue weighted by Crippen LogP contribution is -2.44. The van der Waals surface area contributed by atoms with E-state index in [-0.39, 0.29) is 11.5 Å². The number of ether oxygens (including phenoxy) is 3. The van der Waals surface area contributed by atoms with Crippen molar-refractivity contribution in [1.82, 2.24) is 9.80 Å². The summed E-state index contributed by atoms with van der Waals surface area (Å²) in [5.74, 6) is 1.69. The zero-order valence-electron chi connectivity index (χ0n) is 16.6. The molecule has 0 unspecified atom stereocenters. The van der Waals surface area contributed by atoms with Gasteiger partial charge in [-0.1, -0.05) is 18.2 Å². The first-order valence-electron chi connectivity index (χ1n) is 10.5. The summed E-state index contributed by atoms with van der Waals surface area (Å²) in [6.07, 6.45) is 5.38. The molecule has 1 spiro atoms. The Balaban J connectivity index is 1.43. The van der Waals surface area contributed by atoms with Crippen molar-refractivity contribution in [2.75, 3.05) is 53.0 Å². The number of nitrogens with zero attached hydrogens (tertiary/aromatic N) is 2. The summed E-state index contributed by atoms with van der Waals surface area (Å²) in [6, 6.07) is 4.24. The van der Waals surface area contributed by atoms with Crippen molar-refractivity contribution in [2.45, 2.75) is 37.0 Å². The van der Waals surface area contributed by atoms with Crippen molar-refractivity contribution >= 4 is 0 Å². The monoisotopic (exact) mass is 386 g/mol.